The van der Waals surface area contributed by atoms with Gasteiger partial charge in [0.2, 0.25) is 5.90 Å². The summed E-state index contributed by atoms with van der Waals surface area (Å²) in [6.07, 6.45) is 0.915. The van der Waals surface area contributed by atoms with Crippen LogP contribution in [0.3, 0.4) is 0 Å². The first-order valence-electron chi connectivity index (χ1n) is 6.62. The van der Waals surface area contributed by atoms with Gasteiger partial charge in [0.05, 0.1) is 25.9 Å². The highest BCUT2D eigenvalue weighted by Crippen LogP contribution is 2.25. The van der Waals surface area contributed by atoms with Gasteiger partial charge in [-0.3, -0.25) is 5.41 Å². The molecular weight excluding hydrogens is 305 g/mol. The van der Waals surface area contributed by atoms with E-state index in [9.17, 15) is 17.3 Å². The van der Waals surface area contributed by atoms with Crippen molar-refractivity contribution in [1.82, 2.24) is 0 Å². The van der Waals surface area contributed by atoms with Crippen LogP contribution in [0, 0.1) is 5.41 Å². The molecular formula is C13H19BF4NO3-. The van der Waals surface area contributed by atoms with Crippen molar-refractivity contribution >= 4 is 13.2 Å². The van der Waals surface area contributed by atoms with Gasteiger partial charge in [0.15, 0.2) is 0 Å². The molecule has 0 radical (unpaired) electrons. The van der Waals surface area contributed by atoms with Gasteiger partial charge in [-0.1, -0.05) is 6.92 Å². The summed E-state index contributed by atoms with van der Waals surface area (Å²) in [7, 11) is -4.40. The molecule has 9 heteroatoms. The SMILES string of the molecule is CCCOc1cc(OC)ccc1C(=N)OCC.F[B-](F)(F)F. The molecule has 1 aromatic carbocycles. The molecule has 1 rings (SSSR count). The minimum Gasteiger partial charge on any atom is -0.497 e. The molecule has 4 nitrogen and oxygen atoms in total. The molecule has 0 spiro atoms. The zero-order valence-corrected chi connectivity index (χ0v) is 12.7. The number of benzene rings is 1. The Morgan fingerprint density at radius 3 is 2.23 bits per heavy atom. The van der Waals surface area contributed by atoms with Crippen LogP contribution in [-0.2, 0) is 4.74 Å². The molecule has 22 heavy (non-hydrogen) atoms. The summed E-state index contributed by atoms with van der Waals surface area (Å²) in [4.78, 5) is 0. The summed E-state index contributed by atoms with van der Waals surface area (Å²) < 4.78 is 54.9. The molecule has 1 N–H and O–H groups in total. The number of nitrogens with one attached hydrogen (secondary N) is 1. The fraction of sp³-hybridized carbons (Fsp3) is 0.462. The molecule has 0 fully saturated rings. The van der Waals surface area contributed by atoms with Crippen LogP contribution in [-0.4, -0.2) is 33.5 Å². The second-order valence-electron chi connectivity index (χ2n) is 3.97. The van der Waals surface area contributed by atoms with Gasteiger partial charge in [-0.25, -0.2) is 0 Å². The molecule has 0 aliphatic carbocycles. The van der Waals surface area contributed by atoms with Crippen molar-refractivity contribution in [3.05, 3.63) is 23.8 Å². The minimum absolute atomic E-state index is 0.126. The Labute approximate surface area is 127 Å². The van der Waals surface area contributed by atoms with Crippen molar-refractivity contribution < 1.29 is 31.5 Å². The Morgan fingerprint density at radius 2 is 1.77 bits per heavy atom. The average Bonchev–Trinajstić information content (AvgIpc) is 2.43. The van der Waals surface area contributed by atoms with E-state index >= 15 is 0 Å². The Bertz CT molecular complexity index is 463. The third kappa shape index (κ3) is 9.09. The largest absolute Gasteiger partial charge is 0.673 e. The Hall–Kier alpha value is -1.93. The predicted molar refractivity (Wildman–Crippen MR) is 77.4 cm³/mol. The summed E-state index contributed by atoms with van der Waals surface area (Å²) in [5.41, 5.74) is 0.654. The van der Waals surface area contributed by atoms with Crippen LogP contribution in [0.2, 0.25) is 0 Å². The van der Waals surface area contributed by atoms with Gasteiger partial charge < -0.3 is 31.5 Å². The second kappa shape index (κ2) is 9.91. The van der Waals surface area contributed by atoms with Gasteiger partial charge in [-0.05, 0) is 25.5 Å². The van der Waals surface area contributed by atoms with Crippen molar-refractivity contribution in [1.29, 1.82) is 5.41 Å². The monoisotopic (exact) mass is 324 g/mol. The summed E-state index contributed by atoms with van der Waals surface area (Å²) in [6.45, 7) is 4.97. The van der Waals surface area contributed by atoms with E-state index in [1.807, 2.05) is 13.8 Å². The highest BCUT2D eigenvalue weighted by molar-refractivity contribution is 6.50. The first kappa shape index (κ1) is 20.1. The highest BCUT2D eigenvalue weighted by Gasteiger charge is 2.20. The fourth-order valence-electron chi connectivity index (χ4n) is 1.37. The summed E-state index contributed by atoms with van der Waals surface area (Å²) >= 11 is 0. The fourth-order valence-corrected chi connectivity index (χ4v) is 1.37. The molecule has 0 amide bonds. The molecule has 1 aromatic rings. The maximum atomic E-state index is 9.75. The topological polar surface area (TPSA) is 51.5 Å². The predicted octanol–water partition coefficient (Wildman–Crippen LogP) is 4.15. The Morgan fingerprint density at radius 1 is 1.18 bits per heavy atom. The van der Waals surface area contributed by atoms with E-state index in [1.54, 1.807) is 25.3 Å². The molecule has 0 aromatic heterocycles. The number of halogens is 4. The van der Waals surface area contributed by atoms with Crippen LogP contribution >= 0.6 is 0 Å². The van der Waals surface area contributed by atoms with E-state index < -0.39 is 7.25 Å². The van der Waals surface area contributed by atoms with Gasteiger partial charge >= 0.3 is 7.25 Å². The maximum Gasteiger partial charge on any atom is 0.673 e. The van der Waals surface area contributed by atoms with Crippen LogP contribution in [0.5, 0.6) is 11.5 Å². The Kier molecular flexibility index (Phi) is 9.04. The lowest BCUT2D eigenvalue weighted by Gasteiger charge is -2.13. The lowest BCUT2D eigenvalue weighted by atomic mass is 10.2. The summed E-state index contributed by atoms with van der Waals surface area (Å²) in [5, 5.41) is 7.79. The zero-order chi connectivity index (χ0) is 17.2. The average molecular weight is 324 g/mol. The van der Waals surface area contributed by atoms with Crippen molar-refractivity contribution in [2.75, 3.05) is 20.3 Å². The van der Waals surface area contributed by atoms with Crippen molar-refractivity contribution in [2.45, 2.75) is 20.3 Å². The van der Waals surface area contributed by atoms with Crippen LogP contribution < -0.4 is 9.47 Å². The number of ether oxygens (including phenoxy) is 3. The molecule has 126 valence electrons. The molecule has 0 unspecified atom stereocenters. The Balaban J connectivity index is 0.000000763. The normalized spacial score (nSPS) is 10.3. The quantitative estimate of drug-likeness (QED) is 0.370. The lowest BCUT2D eigenvalue weighted by Crippen LogP contribution is -2.08. The van der Waals surface area contributed by atoms with E-state index in [4.69, 9.17) is 19.6 Å². The van der Waals surface area contributed by atoms with E-state index in [1.165, 1.54) is 0 Å². The minimum atomic E-state index is -6.00. The molecule has 0 saturated carbocycles. The molecule has 0 heterocycles. The first-order chi connectivity index (χ1) is 10.2. The molecule has 0 aliphatic rings. The van der Waals surface area contributed by atoms with Crippen LogP contribution in [0.4, 0.5) is 17.3 Å². The standard InChI is InChI=1S/C13H19NO3.BF4/c1-4-8-17-12-9-10(15-3)6-7-11(12)13(14)16-5-2;2-1(3,4)5/h6-7,9,14H,4-5,8H2,1-3H3;/q;-1. The summed E-state index contributed by atoms with van der Waals surface area (Å²) in [6, 6.07) is 5.35. The molecule has 0 bridgehead atoms. The van der Waals surface area contributed by atoms with Gasteiger partial charge in [-0.15, -0.1) is 0 Å². The van der Waals surface area contributed by atoms with Gasteiger partial charge in [0.1, 0.15) is 11.5 Å². The van der Waals surface area contributed by atoms with Crippen LogP contribution in [0.15, 0.2) is 18.2 Å². The third-order valence-corrected chi connectivity index (χ3v) is 2.18. The third-order valence-electron chi connectivity index (χ3n) is 2.18. The van der Waals surface area contributed by atoms with Crippen molar-refractivity contribution in [3.8, 4) is 11.5 Å². The van der Waals surface area contributed by atoms with Crippen LogP contribution in [0.25, 0.3) is 0 Å². The van der Waals surface area contributed by atoms with Gasteiger partial charge in [0, 0.05) is 6.07 Å². The van der Waals surface area contributed by atoms with Crippen molar-refractivity contribution in [3.63, 3.8) is 0 Å². The van der Waals surface area contributed by atoms with Gasteiger partial charge in [-0.2, -0.15) is 0 Å². The first-order valence-corrected chi connectivity index (χ1v) is 6.62. The number of hydrogen-bond donors (Lipinski definition) is 1. The number of hydrogen-bond acceptors (Lipinski definition) is 4. The zero-order valence-electron chi connectivity index (χ0n) is 12.7. The van der Waals surface area contributed by atoms with Crippen LogP contribution in [0.1, 0.15) is 25.8 Å². The smallest absolute Gasteiger partial charge is 0.497 e. The highest BCUT2D eigenvalue weighted by atomic mass is 19.5. The van der Waals surface area contributed by atoms with E-state index in [-0.39, 0.29) is 5.90 Å². The second-order valence-corrected chi connectivity index (χ2v) is 3.97. The lowest BCUT2D eigenvalue weighted by molar-refractivity contribution is 0.303. The summed E-state index contributed by atoms with van der Waals surface area (Å²) in [5.74, 6) is 1.47. The maximum absolute atomic E-state index is 9.75. The van der Waals surface area contributed by atoms with E-state index in [0.29, 0.717) is 30.3 Å². The van der Waals surface area contributed by atoms with Gasteiger partial charge in [0.25, 0.3) is 0 Å². The molecule has 0 saturated heterocycles. The molecule has 0 atom stereocenters. The number of methoxy groups -OCH3 is 1. The van der Waals surface area contributed by atoms with Crippen molar-refractivity contribution in [2.24, 2.45) is 0 Å². The number of rotatable bonds is 6. The van der Waals surface area contributed by atoms with E-state index in [2.05, 4.69) is 0 Å². The van der Waals surface area contributed by atoms with E-state index in [0.717, 1.165) is 6.42 Å². The molecule has 0 aliphatic heterocycles.